The number of carbonyl (C=O) groups is 4. The van der Waals surface area contributed by atoms with Gasteiger partial charge in [0.25, 0.3) is 5.91 Å². The number of hydrogen-bond acceptors (Lipinski definition) is 5. The van der Waals surface area contributed by atoms with Crippen molar-refractivity contribution in [2.75, 3.05) is 5.32 Å². The average Bonchev–Trinajstić information content (AvgIpc) is 3.04. The van der Waals surface area contributed by atoms with Crippen LogP contribution >= 0.6 is 0 Å². The molecule has 1 aromatic carbocycles. The summed E-state index contributed by atoms with van der Waals surface area (Å²) in [5.74, 6) is -1.01. The van der Waals surface area contributed by atoms with E-state index in [1.807, 2.05) is 6.07 Å². The lowest BCUT2D eigenvalue weighted by Gasteiger charge is -2.29. The van der Waals surface area contributed by atoms with Gasteiger partial charge in [-0.25, -0.2) is 4.79 Å². The Kier molecular flexibility index (Phi) is 4.94. The van der Waals surface area contributed by atoms with Crippen LogP contribution in [0.1, 0.15) is 34.3 Å². The summed E-state index contributed by atoms with van der Waals surface area (Å²) in [5, 5.41) is 7.74. The number of aromatic nitrogens is 1. The van der Waals surface area contributed by atoms with E-state index in [2.05, 4.69) is 20.9 Å². The predicted octanol–water partition coefficient (Wildman–Crippen LogP) is 1.16. The van der Waals surface area contributed by atoms with Gasteiger partial charge in [-0.2, -0.15) is 0 Å². The second-order valence-corrected chi connectivity index (χ2v) is 6.89. The average molecular weight is 393 g/mol. The molecule has 2 aliphatic rings. The molecule has 0 spiro atoms. The molecule has 2 aromatic rings. The molecule has 9 nitrogen and oxygen atoms in total. The molecule has 5 amide bonds. The van der Waals surface area contributed by atoms with Crippen molar-refractivity contribution < 1.29 is 19.2 Å². The third kappa shape index (κ3) is 3.79. The summed E-state index contributed by atoms with van der Waals surface area (Å²) in [6, 6.07) is 7.69. The lowest BCUT2D eigenvalue weighted by molar-refractivity contribution is -0.136. The van der Waals surface area contributed by atoms with Crippen LogP contribution in [0.2, 0.25) is 0 Å². The minimum absolute atomic E-state index is 0.208. The van der Waals surface area contributed by atoms with Gasteiger partial charge in [-0.15, -0.1) is 0 Å². The maximum atomic E-state index is 12.8. The minimum Gasteiger partial charge on any atom is -0.334 e. The first-order chi connectivity index (χ1) is 14.0. The summed E-state index contributed by atoms with van der Waals surface area (Å²) in [5.41, 5.74) is 2.67. The Hall–Kier alpha value is -3.75. The van der Waals surface area contributed by atoms with Gasteiger partial charge in [0.15, 0.2) is 0 Å². The number of benzene rings is 1. The number of nitrogens with zero attached hydrogens (tertiary/aromatic N) is 2. The lowest BCUT2D eigenvalue weighted by atomic mass is 10.0. The van der Waals surface area contributed by atoms with E-state index >= 15 is 0 Å². The molecule has 0 radical (unpaired) electrons. The summed E-state index contributed by atoms with van der Waals surface area (Å²) < 4.78 is 0. The van der Waals surface area contributed by atoms with E-state index in [0.29, 0.717) is 17.7 Å². The maximum Gasteiger partial charge on any atom is 0.319 e. The molecule has 9 heteroatoms. The van der Waals surface area contributed by atoms with E-state index in [-0.39, 0.29) is 37.4 Å². The zero-order valence-electron chi connectivity index (χ0n) is 15.5. The number of urea groups is 1. The van der Waals surface area contributed by atoms with Crippen LogP contribution < -0.4 is 16.0 Å². The molecule has 2 aliphatic heterocycles. The minimum atomic E-state index is -0.665. The van der Waals surface area contributed by atoms with E-state index in [9.17, 15) is 19.2 Å². The number of hydrogen-bond donors (Lipinski definition) is 3. The molecule has 4 rings (SSSR count). The van der Waals surface area contributed by atoms with Crippen molar-refractivity contribution in [2.24, 2.45) is 0 Å². The quantitative estimate of drug-likeness (QED) is 0.674. The molecular weight excluding hydrogens is 374 g/mol. The molecule has 0 aliphatic carbocycles. The predicted molar refractivity (Wildman–Crippen MR) is 103 cm³/mol. The second kappa shape index (κ2) is 7.70. The Morgan fingerprint density at radius 2 is 2.07 bits per heavy atom. The third-order valence-electron chi connectivity index (χ3n) is 5.04. The van der Waals surface area contributed by atoms with Gasteiger partial charge in [-0.05, 0) is 35.7 Å². The van der Waals surface area contributed by atoms with Gasteiger partial charge in [-0.3, -0.25) is 24.7 Å². The van der Waals surface area contributed by atoms with Crippen LogP contribution in [0.4, 0.5) is 10.5 Å². The van der Waals surface area contributed by atoms with Crippen molar-refractivity contribution >= 4 is 29.4 Å². The number of carbonyl (C=O) groups excluding carboxylic acids is 4. The van der Waals surface area contributed by atoms with Crippen LogP contribution in [0, 0.1) is 0 Å². The fourth-order valence-corrected chi connectivity index (χ4v) is 3.60. The monoisotopic (exact) mass is 393 g/mol. The zero-order chi connectivity index (χ0) is 20.4. The van der Waals surface area contributed by atoms with E-state index in [0.717, 1.165) is 11.1 Å². The standard InChI is InChI=1S/C20H19N5O4/c26-17-7-6-16(18(27)24-17)25-11-15-12(3-1-5-14(15)19(25)28)9-22-20(29)23-13-4-2-8-21-10-13/h1-5,8,10,16H,6-7,9,11H2,(H2,22,23,29)(H,24,26,27). The number of fused-ring (bicyclic) bond motifs is 1. The highest BCUT2D eigenvalue weighted by Crippen LogP contribution is 2.29. The highest BCUT2D eigenvalue weighted by molar-refractivity contribution is 6.05. The molecule has 1 fully saturated rings. The summed E-state index contributed by atoms with van der Waals surface area (Å²) in [7, 11) is 0. The molecule has 0 bridgehead atoms. The van der Waals surface area contributed by atoms with Crippen LogP contribution in [0.5, 0.6) is 0 Å². The smallest absolute Gasteiger partial charge is 0.319 e. The number of imide groups is 1. The van der Waals surface area contributed by atoms with E-state index in [1.165, 1.54) is 11.1 Å². The molecule has 1 saturated heterocycles. The number of nitrogens with one attached hydrogen (secondary N) is 3. The number of amides is 5. The van der Waals surface area contributed by atoms with E-state index in [1.54, 1.807) is 30.5 Å². The van der Waals surface area contributed by atoms with E-state index < -0.39 is 11.9 Å². The molecule has 1 unspecified atom stereocenters. The number of piperidine rings is 1. The van der Waals surface area contributed by atoms with Crippen molar-refractivity contribution in [2.45, 2.75) is 32.0 Å². The van der Waals surface area contributed by atoms with Gasteiger partial charge in [-0.1, -0.05) is 12.1 Å². The first-order valence-electron chi connectivity index (χ1n) is 9.23. The van der Waals surface area contributed by atoms with Gasteiger partial charge in [0.2, 0.25) is 11.8 Å². The third-order valence-corrected chi connectivity index (χ3v) is 5.04. The molecule has 0 saturated carbocycles. The summed E-state index contributed by atoms with van der Waals surface area (Å²) >= 11 is 0. The number of rotatable bonds is 4. The van der Waals surface area contributed by atoms with E-state index in [4.69, 9.17) is 0 Å². The first kappa shape index (κ1) is 18.6. The Labute approximate surface area is 166 Å². The molecule has 1 atom stereocenters. The van der Waals surface area contributed by atoms with Gasteiger partial charge < -0.3 is 15.5 Å². The van der Waals surface area contributed by atoms with Crippen LogP contribution in [-0.2, 0) is 22.7 Å². The van der Waals surface area contributed by atoms with Gasteiger partial charge >= 0.3 is 6.03 Å². The fourth-order valence-electron chi connectivity index (χ4n) is 3.60. The summed E-state index contributed by atoms with van der Waals surface area (Å²) in [6.07, 6.45) is 3.67. The first-order valence-corrected chi connectivity index (χ1v) is 9.23. The summed E-state index contributed by atoms with van der Waals surface area (Å²) in [6.45, 7) is 0.494. The number of pyridine rings is 1. The van der Waals surface area contributed by atoms with Gasteiger partial charge in [0.1, 0.15) is 6.04 Å². The van der Waals surface area contributed by atoms with Gasteiger partial charge in [0.05, 0.1) is 11.9 Å². The van der Waals surface area contributed by atoms with Crippen molar-refractivity contribution in [1.29, 1.82) is 0 Å². The molecule has 148 valence electrons. The van der Waals surface area contributed by atoms with Crippen molar-refractivity contribution in [3.05, 3.63) is 59.4 Å². The van der Waals surface area contributed by atoms with Crippen molar-refractivity contribution in [3.63, 3.8) is 0 Å². The molecule has 29 heavy (non-hydrogen) atoms. The topological polar surface area (TPSA) is 120 Å². The van der Waals surface area contributed by atoms with Gasteiger partial charge in [0, 0.05) is 31.3 Å². The van der Waals surface area contributed by atoms with Crippen LogP contribution in [-0.4, -0.2) is 39.7 Å². The normalized spacial score (nSPS) is 18.3. The SMILES string of the molecule is O=C1CCC(N2Cc3c(CNC(=O)Nc4cccnc4)cccc3C2=O)C(=O)N1. The van der Waals surface area contributed by atoms with Crippen molar-refractivity contribution in [3.8, 4) is 0 Å². The molecule has 3 heterocycles. The Bertz CT molecular complexity index is 992. The summed E-state index contributed by atoms with van der Waals surface area (Å²) in [4.78, 5) is 53.9. The molecule has 1 aromatic heterocycles. The zero-order valence-corrected chi connectivity index (χ0v) is 15.5. The Morgan fingerprint density at radius 1 is 1.21 bits per heavy atom. The molecule has 3 N–H and O–H groups in total. The maximum absolute atomic E-state index is 12.8. The molecular formula is C20H19N5O4. The number of anilines is 1. The van der Waals surface area contributed by atoms with Crippen LogP contribution in [0.3, 0.4) is 0 Å². The fraction of sp³-hybridized carbons (Fsp3) is 0.250. The highest BCUT2D eigenvalue weighted by atomic mass is 16.2. The lowest BCUT2D eigenvalue weighted by Crippen LogP contribution is -2.52. The largest absolute Gasteiger partial charge is 0.334 e. The second-order valence-electron chi connectivity index (χ2n) is 6.89. The Balaban J connectivity index is 1.45. The Morgan fingerprint density at radius 3 is 2.83 bits per heavy atom. The highest BCUT2D eigenvalue weighted by Gasteiger charge is 2.39. The van der Waals surface area contributed by atoms with Crippen LogP contribution in [0.25, 0.3) is 0 Å². The van der Waals surface area contributed by atoms with Crippen molar-refractivity contribution in [1.82, 2.24) is 20.5 Å². The van der Waals surface area contributed by atoms with Crippen LogP contribution in [0.15, 0.2) is 42.7 Å².